The SMILES string of the molecule is Cc1cc(NC(=O)c2ccc(NSC(C)C)cc2N2CCC3(CC2)CC3)nc(N2CC(F)(F)C2)n1. The average molecular weight is 503 g/mol. The van der Waals surface area contributed by atoms with Crippen LogP contribution in [0.15, 0.2) is 24.3 Å². The summed E-state index contributed by atoms with van der Waals surface area (Å²) in [6.07, 6.45) is 4.95. The van der Waals surface area contributed by atoms with Crippen LogP contribution < -0.4 is 19.8 Å². The molecule has 3 heterocycles. The molecule has 1 spiro atoms. The van der Waals surface area contributed by atoms with Crippen molar-refractivity contribution in [2.45, 2.75) is 57.6 Å². The molecule has 7 nitrogen and oxygen atoms in total. The number of piperidine rings is 1. The van der Waals surface area contributed by atoms with Crippen LogP contribution in [0.2, 0.25) is 0 Å². The Kier molecular flexibility index (Phi) is 6.27. The standard InChI is InChI=1S/C25H32F2N6OS/c1-16(2)35-31-18-4-5-19(20(13-18)32-10-8-24(6-7-24)9-11-32)22(34)29-21-12-17(3)28-23(30-21)33-14-25(26,27)15-33/h4-5,12-13,16,31H,6-11,14-15H2,1-3H3,(H,28,29,30,34). The zero-order chi connectivity index (χ0) is 24.8. The summed E-state index contributed by atoms with van der Waals surface area (Å²) in [7, 11) is 0. The maximum absolute atomic E-state index is 13.4. The monoisotopic (exact) mass is 502 g/mol. The molecule has 5 rings (SSSR count). The van der Waals surface area contributed by atoms with Crippen molar-refractivity contribution in [2.24, 2.45) is 5.41 Å². The first-order valence-corrected chi connectivity index (χ1v) is 13.1. The van der Waals surface area contributed by atoms with E-state index in [1.165, 1.54) is 17.7 Å². The van der Waals surface area contributed by atoms with Crippen LogP contribution in [0.4, 0.5) is 31.9 Å². The van der Waals surface area contributed by atoms with Gasteiger partial charge in [0.1, 0.15) is 5.82 Å². The average Bonchev–Trinajstić information content (AvgIpc) is 3.54. The van der Waals surface area contributed by atoms with E-state index in [4.69, 9.17) is 0 Å². The Morgan fingerprint density at radius 1 is 1.06 bits per heavy atom. The first-order chi connectivity index (χ1) is 16.6. The number of aryl methyl sites for hydroxylation is 1. The molecule has 0 radical (unpaired) electrons. The lowest BCUT2D eigenvalue weighted by Crippen LogP contribution is -2.57. The highest BCUT2D eigenvalue weighted by Gasteiger charge is 2.46. The van der Waals surface area contributed by atoms with Gasteiger partial charge in [-0.25, -0.2) is 13.8 Å². The first-order valence-electron chi connectivity index (χ1n) is 12.2. The van der Waals surface area contributed by atoms with Gasteiger partial charge in [-0.15, -0.1) is 0 Å². The highest BCUT2D eigenvalue weighted by Crippen LogP contribution is 2.54. The zero-order valence-corrected chi connectivity index (χ0v) is 21.2. The lowest BCUT2D eigenvalue weighted by molar-refractivity contribution is -0.0271. The normalized spacial score (nSPS) is 20.1. The van der Waals surface area contributed by atoms with Crippen LogP contribution in [0.25, 0.3) is 0 Å². The molecule has 0 atom stereocenters. The van der Waals surface area contributed by atoms with Crippen molar-refractivity contribution >= 4 is 41.0 Å². The van der Waals surface area contributed by atoms with Gasteiger partial charge in [0.2, 0.25) is 5.95 Å². The number of rotatable bonds is 7. The van der Waals surface area contributed by atoms with E-state index in [1.807, 2.05) is 18.2 Å². The van der Waals surface area contributed by atoms with Crippen LogP contribution in [-0.4, -0.2) is 53.2 Å². The fourth-order valence-electron chi connectivity index (χ4n) is 4.73. The second kappa shape index (κ2) is 9.11. The number of carbonyl (C=O) groups excluding carboxylic acids is 1. The van der Waals surface area contributed by atoms with E-state index >= 15 is 0 Å². The quantitative estimate of drug-likeness (QED) is 0.495. The van der Waals surface area contributed by atoms with Gasteiger partial charge in [-0.2, -0.15) is 4.98 Å². The molecule has 35 heavy (non-hydrogen) atoms. The number of hydrogen-bond acceptors (Lipinski definition) is 7. The molecule has 0 bridgehead atoms. The molecule has 2 aliphatic heterocycles. The van der Waals surface area contributed by atoms with Crippen molar-refractivity contribution in [2.75, 3.05) is 46.0 Å². The Bertz CT molecular complexity index is 1110. The van der Waals surface area contributed by atoms with Crippen LogP contribution in [0, 0.1) is 12.3 Å². The van der Waals surface area contributed by atoms with Crippen LogP contribution in [-0.2, 0) is 0 Å². The molecule has 1 saturated carbocycles. The van der Waals surface area contributed by atoms with Crippen molar-refractivity contribution in [3.8, 4) is 0 Å². The molecule has 10 heteroatoms. The summed E-state index contributed by atoms with van der Waals surface area (Å²) in [6.45, 7) is 7.06. The summed E-state index contributed by atoms with van der Waals surface area (Å²) in [5.41, 5.74) is 3.58. The third-order valence-corrected chi connectivity index (χ3v) is 7.81. The Hall–Kier alpha value is -2.62. The van der Waals surface area contributed by atoms with Crippen LogP contribution in [0.1, 0.15) is 55.6 Å². The van der Waals surface area contributed by atoms with Gasteiger partial charge < -0.3 is 19.8 Å². The third kappa shape index (κ3) is 5.47. The fraction of sp³-hybridized carbons (Fsp3) is 0.560. The molecule has 3 fully saturated rings. The number of anilines is 4. The van der Waals surface area contributed by atoms with E-state index in [9.17, 15) is 13.6 Å². The number of alkyl halides is 2. The van der Waals surface area contributed by atoms with E-state index in [0.717, 1.165) is 37.3 Å². The molecule has 2 N–H and O–H groups in total. The van der Waals surface area contributed by atoms with Gasteiger partial charge in [0, 0.05) is 35.8 Å². The molecule has 1 amide bonds. The number of nitrogens with one attached hydrogen (secondary N) is 2. The minimum atomic E-state index is -2.72. The molecule has 2 saturated heterocycles. The molecular weight excluding hydrogens is 470 g/mol. The topological polar surface area (TPSA) is 73.4 Å². The van der Waals surface area contributed by atoms with Gasteiger partial charge in [-0.1, -0.05) is 13.8 Å². The van der Waals surface area contributed by atoms with Gasteiger partial charge in [0.15, 0.2) is 0 Å². The number of aromatic nitrogens is 2. The van der Waals surface area contributed by atoms with E-state index in [1.54, 1.807) is 24.9 Å². The Labute approximate surface area is 209 Å². The molecule has 1 aromatic heterocycles. The lowest BCUT2D eigenvalue weighted by Gasteiger charge is -2.38. The van der Waals surface area contributed by atoms with Gasteiger partial charge in [-0.05, 0) is 68.2 Å². The zero-order valence-electron chi connectivity index (χ0n) is 20.4. The molecule has 1 aliphatic carbocycles. The Morgan fingerprint density at radius 3 is 2.40 bits per heavy atom. The minimum absolute atomic E-state index is 0.211. The highest BCUT2D eigenvalue weighted by atomic mass is 32.2. The van der Waals surface area contributed by atoms with Crippen molar-refractivity contribution in [3.05, 3.63) is 35.5 Å². The largest absolute Gasteiger partial charge is 0.371 e. The molecule has 1 aromatic carbocycles. The van der Waals surface area contributed by atoms with E-state index in [2.05, 4.69) is 38.8 Å². The number of halogens is 2. The summed E-state index contributed by atoms with van der Waals surface area (Å²) in [5, 5.41) is 3.31. The summed E-state index contributed by atoms with van der Waals surface area (Å²) in [6, 6.07) is 7.47. The Balaban J connectivity index is 1.37. The third-order valence-electron chi connectivity index (χ3n) is 6.99. The van der Waals surface area contributed by atoms with Crippen LogP contribution >= 0.6 is 11.9 Å². The second-order valence-corrected chi connectivity index (χ2v) is 11.7. The summed E-state index contributed by atoms with van der Waals surface area (Å²) in [5.74, 6) is -2.47. The summed E-state index contributed by atoms with van der Waals surface area (Å²) in [4.78, 5) is 25.8. The maximum Gasteiger partial charge on any atom is 0.282 e. The van der Waals surface area contributed by atoms with Gasteiger partial charge >= 0.3 is 0 Å². The first kappa shape index (κ1) is 24.1. The predicted molar refractivity (Wildman–Crippen MR) is 138 cm³/mol. The molecule has 3 aliphatic rings. The van der Waals surface area contributed by atoms with Crippen molar-refractivity contribution in [1.82, 2.24) is 9.97 Å². The van der Waals surface area contributed by atoms with Crippen molar-refractivity contribution in [1.29, 1.82) is 0 Å². The van der Waals surface area contributed by atoms with Gasteiger partial charge in [0.05, 0.1) is 24.3 Å². The molecule has 188 valence electrons. The Morgan fingerprint density at radius 2 is 1.77 bits per heavy atom. The lowest BCUT2D eigenvalue weighted by atomic mass is 9.93. The number of nitrogens with zero attached hydrogens (tertiary/aromatic N) is 4. The van der Waals surface area contributed by atoms with Gasteiger partial charge in [-0.3, -0.25) is 4.79 Å². The van der Waals surface area contributed by atoms with Crippen molar-refractivity contribution < 1.29 is 13.6 Å². The fourth-order valence-corrected chi connectivity index (χ4v) is 5.23. The van der Waals surface area contributed by atoms with Crippen LogP contribution in [0.5, 0.6) is 0 Å². The second-order valence-electron chi connectivity index (χ2n) is 10.3. The van der Waals surface area contributed by atoms with Crippen LogP contribution in [0.3, 0.4) is 0 Å². The summed E-state index contributed by atoms with van der Waals surface area (Å²) >= 11 is 1.64. The molecule has 2 aromatic rings. The number of amides is 1. The number of carbonyl (C=O) groups is 1. The number of hydrogen-bond donors (Lipinski definition) is 2. The van der Waals surface area contributed by atoms with Gasteiger partial charge in [0.25, 0.3) is 11.8 Å². The molecular formula is C25H32F2N6OS. The highest BCUT2D eigenvalue weighted by molar-refractivity contribution is 8.01. The predicted octanol–water partition coefficient (Wildman–Crippen LogP) is 5.34. The van der Waals surface area contributed by atoms with Crippen molar-refractivity contribution in [3.63, 3.8) is 0 Å². The van der Waals surface area contributed by atoms with E-state index in [0.29, 0.717) is 27.7 Å². The maximum atomic E-state index is 13.4. The summed E-state index contributed by atoms with van der Waals surface area (Å²) < 4.78 is 30.1. The van der Waals surface area contributed by atoms with E-state index < -0.39 is 19.0 Å². The van der Waals surface area contributed by atoms with E-state index in [-0.39, 0.29) is 11.9 Å². The molecule has 0 unspecified atom stereocenters. The number of benzene rings is 1. The minimum Gasteiger partial charge on any atom is -0.371 e. The smallest absolute Gasteiger partial charge is 0.282 e.